The highest BCUT2D eigenvalue weighted by molar-refractivity contribution is 8.18. The molecule has 3 aromatic carbocycles. The fourth-order valence-electron chi connectivity index (χ4n) is 4.24. The Morgan fingerprint density at radius 3 is 2.61 bits per heavy atom. The number of nitrogens with zero attached hydrogens (tertiary/aromatic N) is 1. The number of benzene rings is 3. The smallest absolute Gasteiger partial charge is 0.293 e. The van der Waals surface area contributed by atoms with Crippen molar-refractivity contribution in [2.24, 2.45) is 0 Å². The van der Waals surface area contributed by atoms with Crippen molar-refractivity contribution >= 4 is 52.2 Å². The number of hydrogen-bond acceptors (Lipinski definition) is 8. The summed E-state index contributed by atoms with van der Waals surface area (Å²) >= 11 is 7.19. The number of carbonyl (C=O) groups is 3. The van der Waals surface area contributed by atoms with Crippen molar-refractivity contribution in [2.75, 3.05) is 25.3 Å². The van der Waals surface area contributed by atoms with E-state index in [2.05, 4.69) is 5.32 Å². The summed E-state index contributed by atoms with van der Waals surface area (Å²) in [7, 11) is 0. The first-order chi connectivity index (χ1) is 19.7. The average molecular weight is 595 g/mol. The topological polar surface area (TPSA) is 103 Å². The van der Waals surface area contributed by atoms with Crippen LogP contribution in [0.4, 0.5) is 10.5 Å². The first kappa shape index (κ1) is 28.4. The predicted octanol–water partition coefficient (Wildman–Crippen LogP) is 6.34. The highest BCUT2D eigenvalue weighted by Gasteiger charge is 2.36. The summed E-state index contributed by atoms with van der Waals surface area (Å²) in [6.45, 7) is 5.94. The van der Waals surface area contributed by atoms with Gasteiger partial charge in [0.1, 0.15) is 0 Å². The van der Waals surface area contributed by atoms with Crippen molar-refractivity contribution in [3.8, 4) is 23.0 Å². The maximum atomic E-state index is 13.1. The van der Waals surface area contributed by atoms with E-state index in [4.69, 9.17) is 30.5 Å². The lowest BCUT2D eigenvalue weighted by atomic mass is 10.1. The normalized spacial score (nSPS) is 15.0. The van der Waals surface area contributed by atoms with Gasteiger partial charge in [-0.15, -0.1) is 0 Å². The minimum absolute atomic E-state index is 0.00140. The Balaban J connectivity index is 1.27. The lowest BCUT2D eigenvalue weighted by Gasteiger charge is -2.14. The van der Waals surface area contributed by atoms with Crippen LogP contribution in [0, 0.1) is 13.8 Å². The van der Waals surface area contributed by atoms with Crippen molar-refractivity contribution < 1.29 is 33.3 Å². The van der Waals surface area contributed by atoms with Gasteiger partial charge in [-0.1, -0.05) is 29.8 Å². The van der Waals surface area contributed by atoms with Gasteiger partial charge in [0.05, 0.1) is 18.1 Å². The molecule has 1 saturated heterocycles. The van der Waals surface area contributed by atoms with Gasteiger partial charge >= 0.3 is 0 Å². The van der Waals surface area contributed by atoms with Crippen molar-refractivity contribution in [3.63, 3.8) is 0 Å². The second-order valence-electron chi connectivity index (χ2n) is 9.36. The minimum atomic E-state index is -0.435. The summed E-state index contributed by atoms with van der Waals surface area (Å²) in [6, 6.07) is 14.2. The number of hydrogen-bond donors (Lipinski definition) is 1. The molecule has 0 bridgehead atoms. The quantitative estimate of drug-likeness (QED) is 0.286. The fourth-order valence-corrected chi connectivity index (χ4v) is 5.29. The molecule has 2 heterocycles. The number of ether oxygens (including phenoxy) is 4. The van der Waals surface area contributed by atoms with Crippen LogP contribution in [0.3, 0.4) is 0 Å². The van der Waals surface area contributed by atoms with Crippen LogP contribution in [0.25, 0.3) is 6.08 Å². The molecule has 0 saturated carbocycles. The fraction of sp³-hybridized carbons (Fsp3) is 0.233. The number of fused-ring (bicyclic) bond motifs is 1. The summed E-state index contributed by atoms with van der Waals surface area (Å²) in [5.74, 6) is 1.09. The SMILES string of the molecule is CCOc1cc(/C=C2\SC(=O)N(Cc3cc4c(cc3Cl)OCO4)C2=O)ccc1OCC(=O)Nc1cc(C)ccc1C. The van der Waals surface area contributed by atoms with E-state index in [9.17, 15) is 14.4 Å². The van der Waals surface area contributed by atoms with Crippen molar-refractivity contribution in [2.45, 2.75) is 27.3 Å². The molecule has 5 rings (SSSR count). The van der Waals surface area contributed by atoms with Gasteiger partial charge in [-0.25, -0.2) is 0 Å². The van der Waals surface area contributed by atoms with E-state index >= 15 is 0 Å². The van der Waals surface area contributed by atoms with Crippen LogP contribution in [0.1, 0.15) is 29.2 Å². The van der Waals surface area contributed by atoms with Gasteiger partial charge in [0.15, 0.2) is 29.6 Å². The molecule has 0 radical (unpaired) electrons. The molecule has 2 aliphatic rings. The second-order valence-corrected chi connectivity index (χ2v) is 10.8. The molecule has 9 nitrogen and oxygen atoms in total. The summed E-state index contributed by atoms with van der Waals surface area (Å²) in [4.78, 5) is 39.8. The van der Waals surface area contributed by atoms with Crippen LogP contribution in [-0.2, 0) is 16.1 Å². The number of nitrogens with one attached hydrogen (secondary N) is 1. The third-order valence-corrected chi connectivity index (χ3v) is 7.59. The lowest BCUT2D eigenvalue weighted by Crippen LogP contribution is -2.27. The molecule has 212 valence electrons. The number of rotatable bonds is 9. The standard InChI is InChI=1S/C30H27ClN2O7S/c1-4-37-24-10-19(7-8-23(24)38-15-28(34)32-22-9-17(2)5-6-18(22)3)11-27-29(35)33(30(36)41-27)14-20-12-25-26(13-21(20)31)40-16-39-25/h5-13H,4,14-16H2,1-3H3,(H,32,34)/b27-11-. The number of halogens is 1. The van der Waals surface area contributed by atoms with Crippen molar-refractivity contribution in [3.05, 3.63) is 80.7 Å². The van der Waals surface area contributed by atoms with E-state index in [-0.39, 0.29) is 30.8 Å². The molecule has 0 atom stereocenters. The maximum absolute atomic E-state index is 13.1. The molecule has 3 aromatic rings. The molecule has 1 fully saturated rings. The molecule has 0 aromatic heterocycles. The van der Waals surface area contributed by atoms with E-state index in [1.54, 1.807) is 36.4 Å². The van der Waals surface area contributed by atoms with Gasteiger partial charge in [0.2, 0.25) is 6.79 Å². The third-order valence-electron chi connectivity index (χ3n) is 6.33. The summed E-state index contributed by atoms with van der Waals surface area (Å²) in [5.41, 5.74) is 3.92. The average Bonchev–Trinajstić information content (AvgIpc) is 3.49. The Bertz CT molecular complexity index is 1570. The highest BCUT2D eigenvalue weighted by Crippen LogP contribution is 2.40. The van der Waals surface area contributed by atoms with Crippen LogP contribution in [-0.4, -0.2) is 42.0 Å². The number of imide groups is 1. The van der Waals surface area contributed by atoms with Crippen LogP contribution < -0.4 is 24.3 Å². The Morgan fingerprint density at radius 2 is 1.83 bits per heavy atom. The largest absolute Gasteiger partial charge is 0.490 e. The number of thioether (sulfide) groups is 1. The Hall–Kier alpha value is -4.15. The van der Waals surface area contributed by atoms with E-state index in [1.165, 1.54) is 0 Å². The first-order valence-corrected chi connectivity index (χ1v) is 14.0. The maximum Gasteiger partial charge on any atom is 0.293 e. The van der Waals surface area contributed by atoms with Crippen LogP contribution in [0.5, 0.6) is 23.0 Å². The Morgan fingerprint density at radius 1 is 1.05 bits per heavy atom. The second kappa shape index (κ2) is 12.2. The van der Waals surface area contributed by atoms with Gasteiger partial charge < -0.3 is 24.3 Å². The van der Waals surface area contributed by atoms with E-state index in [0.29, 0.717) is 45.8 Å². The van der Waals surface area contributed by atoms with Crippen LogP contribution in [0.2, 0.25) is 5.02 Å². The van der Waals surface area contributed by atoms with E-state index in [0.717, 1.165) is 33.5 Å². The minimum Gasteiger partial charge on any atom is -0.490 e. The van der Waals surface area contributed by atoms with Gasteiger partial charge in [-0.05, 0) is 85.1 Å². The third kappa shape index (κ3) is 6.44. The zero-order chi connectivity index (χ0) is 29.1. The predicted molar refractivity (Wildman–Crippen MR) is 157 cm³/mol. The van der Waals surface area contributed by atoms with Gasteiger partial charge in [-0.2, -0.15) is 0 Å². The molecule has 3 amide bonds. The molecular formula is C30H27ClN2O7S. The molecule has 41 heavy (non-hydrogen) atoms. The zero-order valence-electron chi connectivity index (χ0n) is 22.6. The number of amides is 3. The monoisotopic (exact) mass is 594 g/mol. The van der Waals surface area contributed by atoms with E-state index in [1.807, 2.05) is 39.0 Å². The van der Waals surface area contributed by atoms with Gasteiger partial charge in [-0.3, -0.25) is 19.3 Å². The number of aryl methyl sites for hydroxylation is 2. The zero-order valence-corrected chi connectivity index (χ0v) is 24.2. The summed E-state index contributed by atoms with van der Waals surface area (Å²) in [5, 5.41) is 2.83. The lowest BCUT2D eigenvalue weighted by molar-refractivity contribution is -0.123. The summed E-state index contributed by atoms with van der Waals surface area (Å²) in [6.07, 6.45) is 1.62. The number of anilines is 1. The first-order valence-electron chi connectivity index (χ1n) is 12.8. The summed E-state index contributed by atoms with van der Waals surface area (Å²) < 4.78 is 22.2. The van der Waals surface area contributed by atoms with Crippen LogP contribution >= 0.6 is 23.4 Å². The molecule has 0 aliphatic carbocycles. The highest BCUT2D eigenvalue weighted by atomic mass is 35.5. The molecule has 0 unspecified atom stereocenters. The molecule has 2 aliphatic heterocycles. The van der Waals surface area contributed by atoms with Gasteiger partial charge in [0.25, 0.3) is 17.1 Å². The van der Waals surface area contributed by atoms with Crippen molar-refractivity contribution in [1.29, 1.82) is 0 Å². The molecule has 1 N–H and O–H groups in total. The molecule has 0 spiro atoms. The van der Waals surface area contributed by atoms with E-state index < -0.39 is 11.1 Å². The Labute approximate surface area is 246 Å². The van der Waals surface area contributed by atoms with Crippen molar-refractivity contribution in [1.82, 2.24) is 4.90 Å². The van der Waals surface area contributed by atoms with Crippen LogP contribution in [0.15, 0.2) is 53.4 Å². The van der Waals surface area contributed by atoms with Gasteiger partial charge in [0, 0.05) is 16.8 Å². The molecular weight excluding hydrogens is 568 g/mol. The molecule has 11 heteroatoms. The number of carbonyl (C=O) groups excluding carboxylic acids is 3. The Kier molecular flexibility index (Phi) is 8.41.